The third-order valence-electron chi connectivity index (χ3n) is 3.62. The van der Waals surface area contributed by atoms with Gasteiger partial charge in [-0.05, 0) is 5.92 Å². The number of aliphatic hydroxyl groups is 1. The lowest BCUT2D eigenvalue weighted by molar-refractivity contribution is -0.139. The highest BCUT2D eigenvalue weighted by molar-refractivity contribution is 5.90. The van der Waals surface area contributed by atoms with Gasteiger partial charge in [0.25, 0.3) is 0 Å². The van der Waals surface area contributed by atoms with Crippen LogP contribution in [0.1, 0.15) is 39.5 Å². The lowest BCUT2D eigenvalue weighted by Gasteiger charge is -2.48. The number of rotatable bonds is 5. The van der Waals surface area contributed by atoms with E-state index in [2.05, 4.69) is 15.5 Å². The Morgan fingerprint density at radius 1 is 1.40 bits per heavy atom. The van der Waals surface area contributed by atoms with E-state index in [0.29, 0.717) is 19.0 Å². The number of amides is 1. The molecule has 20 heavy (non-hydrogen) atoms. The predicted octanol–water partition coefficient (Wildman–Crippen LogP) is 0.834. The molecule has 7 heteroatoms. The van der Waals surface area contributed by atoms with Crippen LogP contribution in [0.15, 0.2) is 4.42 Å². The van der Waals surface area contributed by atoms with Crippen molar-refractivity contribution in [3.63, 3.8) is 0 Å². The molecule has 0 aliphatic carbocycles. The summed E-state index contributed by atoms with van der Waals surface area (Å²) >= 11 is 0. The maximum atomic E-state index is 11.8. The van der Waals surface area contributed by atoms with Crippen LogP contribution in [0.3, 0.4) is 0 Å². The summed E-state index contributed by atoms with van der Waals surface area (Å²) in [5.74, 6) is 0.601. The molecule has 112 valence electrons. The minimum absolute atomic E-state index is 0.123. The average molecular weight is 282 g/mol. The van der Waals surface area contributed by atoms with Crippen LogP contribution >= 0.6 is 0 Å². The van der Waals surface area contributed by atoms with E-state index in [9.17, 15) is 9.90 Å². The Labute approximate surface area is 118 Å². The summed E-state index contributed by atoms with van der Waals surface area (Å²) in [6.07, 6.45) is 0. The van der Waals surface area contributed by atoms with Gasteiger partial charge in [-0.1, -0.05) is 32.8 Å². The lowest BCUT2D eigenvalue weighted by Crippen LogP contribution is -2.65. The monoisotopic (exact) mass is 282 g/mol. The van der Waals surface area contributed by atoms with Crippen LogP contribution in [0.25, 0.3) is 0 Å². The SMILES string of the molecule is CC(C)c1nnc(NC(=O)CN2CC(O)(C(C)C)C2)o1. The first-order chi connectivity index (χ1) is 9.30. The number of β-amino-alcohol motifs (C(OH)–C–C–N with tert-alkyl or cyclic N) is 1. The smallest absolute Gasteiger partial charge is 0.322 e. The van der Waals surface area contributed by atoms with Crippen molar-refractivity contribution in [3.05, 3.63) is 5.89 Å². The largest absolute Gasteiger partial charge is 0.408 e. The molecule has 7 nitrogen and oxygen atoms in total. The molecule has 0 bridgehead atoms. The molecule has 1 saturated heterocycles. The van der Waals surface area contributed by atoms with Crippen molar-refractivity contribution in [3.8, 4) is 0 Å². The maximum absolute atomic E-state index is 11.8. The van der Waals surface area contributed by atoms with Crippen molar-refractivity contribution in [1.82, 2.24) is 15.1 Å². The van der Waals surface area contributed by atoms with Crippen LogP contribution in [0.5, 0.6) is 0 Å². The average Bonchev–Trinajstić information content (AvgIpc) is 2.74. The van der Waals surface area contributed by atoms with Crippen molar-refractivity contribution in [2.45, 2.75) is 39.2 Å². The van der Waals surface area contributed by atoms with Crippen molar-refractivity contribution >= 4 is 11.9 Å². The first-order valence-corrected chi connectivity index (χ1v) is 6.88. The normalized spacial score (nSPS) is 18.4. The van der Waals surface area contributed by atoms with Crippen LogP contribution in [0.2, 0.25) is 0 Å². The Kier molecular flexibility index (Phi) is 4.10. The summed E-state index contributed by atoms with van der Waals surface area (Å²) in [5.41, 5.74) is -0.671. The fraction of sp³-hybridized carbons (Fsp3) is 0.769. The summed E-state index contributed by atoms with van der Waals surface area (Å²) in [6, 6.07) is 0.123. The van der Waals surface area contributed by atoms with Gasteiger partial charge in [-0.15, -0.1) is 5.10 Å². The van der Waals surface area contributed by atoms with E-state index in [0.717, 1.165) is 0 Å². The molecule has 1 aromatic heterocycles. The quantitative estimate of drug-likeness (QED) is 0.831. The van der Waals surface area contributed by atoms with Gasteiger partial charge in [0.05, 0.1) is 12.1 Å². The molecule has 2 rings (SSSR count). The Hall–Kier alpha value is -1.47. The molecular weight excluding hydrogens is 260 g/mol. The van der Waals surface area contributed by atoms with Crippen LogP contribution in [0.4, 0.5) is 6.01 Å². The van der Waals surface area contributed by atoms with E-state index in [1.165, 1.54) is 0 Å². The number of nitrogens with one attached hydrogen (secondary N) is 1. The van der Waals surface area contributed by atoms with Gasteiger partial charge in [-0.3, -0.25) is 15.0 Å². The van der Waals surface area contributed by atoms with Crippen molar-refractivity contribution in [1.29, 1.82) is 0 Å². The molecule has 1 amide bonds. The second-order valence-electron chi connectivity index (χ2n) is 6.05. The molecule has 0 radical (unpaired) electrons. The first-order valence-electron chi connectivity index (χ1n) is 6.88. The molecule has 1 aliphatic heterocycles. The number of aromatic nitrogens is 2. The van der Waals surface area contributed by atoms with Gasteiger partial charge >= 0.3 is 6.01 Å². The van der Waals surface area contributed by atoms with E-state index >= 15 is 0 Å². The minimum Gasteiger partial charge on any atom is -0.408 e. The number of carbonyl (C=O) groups is 1. The Balaban J connectivity index is 1.79. The molecule has 0 atom stereocenters. The van der Waals surface area contributed by atoms with Crippen LogP contribution in [-0.4, -0.2) is 51.3 Å². The van der Waals surface area contributed by atoms with Gasteiger partial charge in [-0.2, -0.15) is 0 Å². The van der Waals surface area contributed by atoms with Gasteiger partial charge in [0.1, 0.15) is 0 Å². The molecule has 2 heterocycles. The predicted molar refractivity (Wildman–Crippen MR) is 73.2 cm³/mol. The minimum atomic E-state index is -0.671. The second-order valence-corrected chi connectivity index (χ2v) is 6.05. The van der Waals surface area contributed by atoms with E-state index in [-0.39, 0.29) is 30.3 Å². The van der Waals surface area contributed by atoms with Crippen LogP contribution in [0, 0.1) is 5.92 Å². The van der Waals surface area contributed by atoms with Gasteiger partial charge in [0.15, 0.2) is 0 Å². The summed E-state index contributed by atoms with van der Waals surface area (Å²) in [5, 5.41) is 20.3. The zero-order chi connectivity index (χ0) is 14.9. The van der Waals surface area contributed by atoms with Gasteiger partial charge in [0, 0.05) is 19.0 Å². The van der Waals surface area contributed by atoms with Crippen LogP contribution < -0.4 is 5.32 Å². The van der Waals surface area contributed by atoms with Crippen molar-refractivity contribution in [2.75, 3.05) is 25.0 Å². The molecule has 1 aromatic rings. The van der Waals surface area contributed by atoms with E-state index in [1.54, 1.807) is 0 Å². The number of likely N-dealkylation sites (tertiary alicyclic amines) is 1. The summed E-state index contributed by atoms with van der Waals surface area (Å²) in [7, 11) is 0. The topological polar surface area (TPSA) is 91.5 Å². The molecule has 2 N–H and O–H groups in total. The summed E-state index contributed by atoms with van der Waals surface area (Å²) < 4.78 is 5.31. The molecule has 0 saturated carbocycles. The molecule has 0 spiro atoms. The Morgan fingerprint density at radius 3 is 2.55 bits per heavy atom. The fourth-order valence-electron chi connectivity index (χ4n) is 2.09. The van der Waals surface area contributed by atoms with Crippen molar-refractivity contribution in [2.24, 2.45) is 5.92 Å². The highest BCUT2D eigenvalue weighted by Crippen LogP contribution is 2.28. The maximum Gasteiger partial charge on any atom is 0.322 e. The molecule has 0 unspecified atom stereocenters. The van der Waals surface area contributed by atoms with E-state index < -0.39 is 5.60 Å². The summed E-state index contributed by atoms with van der Waals surface area (Å²) in [6.45, 7) is 9.07. The van der Waals surface area contributed by atoms with E-state index in [1.807, 2.05) is 32.6 Å². The van der Waals surface area contributed by atoms with Crippen molar-refractivity contribution < 1.29 is 14.3 Å². The molecule has 1 aliphatic rings. The fourth-order valence-corrected chi connectivity index (χ4v) is 2.09. The van der Waals surface area contributed by atoms with Crippen LogP contribution in [-0.2, 0) is 4.79 Å². The number of nitrogens with zero attached hydrogens (tertiary/aromatic N) is 3. The van der Waals surface area contributed by atoms with Gasteiger partial charge in [-0.25, -0.2) is 0 Å². The zero-order valence-corrected chi connectivity index (χ0v) is 12.4. The lowest BCUT2D eigenvalue weighted by atomic mass is 9.83. The molecule has 1 fully saturated rings. The third-order valence-corrected chi connectivity index (χ3v) is 3.62. The molecule has 0 aromatic carbocycles. The van der Waals surface area contributed by atoms with Gasteiger partial charge in [0.2, 0.25) is 11.8 Å². The zero-order valence-electron chi connectivity index (χ0n) is 12.4. The first kappa shape index (κ1) is 14.9. The number of hydrogen-bond donors (Lipinski definition) is 2. The number of carbonyl (C=O) groups excluding carboxylic acids is 1. The Morgan fingerprint density at radius 2 is 2.05 bits per heavy atom. The number of anilines is 1. The molecular formula is C13H22N4O3. The van der Waals surface area contributed by atoms with E-state index in [4.69, 9.17) is 4.42 Å². The third kappa shape index (κ3) is 3.16. The summed E-state index contributed by atoms with van der Waals surface area (Å²) in [4.78, 5) is 13.7. The second kappa shape index (κ2) is 5.49. The standard InChI is InChI=1S/C13H22N4O3/c1-8(2)11-15-16-12(20-11)14-10(18)5-17-6-13(19,7-17)9(3)4/h8-9,19H,5-7H2,1-4H3,(H,14,16,18). The van der Waals surface area contributed by atoms with Gasteiger partial charge < -0.3 is 9.52 Å². The highest BCUT2D eigenvalue weighted by atomic mass is 16.4. The highest BCUT2D eigenvalue weighted by Gasteiger charge is 2.43. The number of hydrogen-bond acceptors (Lipinski definition) is 6. The Bertz CT molecular complexity index is 478.